The van der Waals surface area contributed by atoms with Crippen LogP contribution in [-0.2, 0) is 23.4 Å². The van der Waals surface area contributed by atoms with Crippen molar-refractivity contribution in [1.82, 2.24) is 14.6 Å². The summed E-state index contributed by atoms with van der Waals surface area (Å²) in [5.41, 5.74) is 2.64. The lowest BCUT2D eigenvalue weighted by atomic mass is 9.97. The molecule has 2 aromatic rings. The van der Waals surface area contributed by atoms with Gasteiger partial charge in [0.25, 0.3) is 0 Å². The number of ether oxygens (including phenoxy) is 2. The van der Waals surface area contributed by atoms with Gasteiger partial charge in [-0.25, -0.2) is 18.3 Å². The van der Waals surface area contributed by atoms with E-state index in [1.807, 2.05) is 0 Å². The Kier molecular flexibility index (Phi) is 9.37. The number of nitrogens with two attached hydrogens (primary N) is 1. The van der Waals surface area contributed by atoms with Crippen LogP contribution in [0.15, 0.2) is 42.6 Å². The summed E-state index contributed by atoms with van der Waals surface area (Å²) in [5, 5.41) is 13.1. The van der Waals surface area contributed by atoms with Crippen molar-refractivity contribution >= 4 is 31.8 Å². The van der Waals surface area contributed by atoms with Crippen molar-refractivity contribution in [2.45, 2.75) is 57.0 Å². The molecule has 1 fully saturated rings. The molecule has 1 aliphatic heterocycles. The number of anilines is 1. The van der Waals surface area contributed by atoms with Crippen molar-refractivity contribution < 1.29 is 41.8 Å². The third kappa shape index (κ3) is 6.89. The number of carbonyl (C=O) groups is 1. The number of nitrogens with zero attached hydrogens (tertiary/aromatic N) is 2. The van der Waals surface area contributed by atoms with Gasteiger partial charge in [0.2, 0.25) is 10.4 Å². The van der Waals surface area contributed by atoms with Crippen molar-refractivity contribution in [3.8, 4) is 5.75 Å². The molecule has 0 aliphatic carbocycles. The van der Waals surface area contributed by atoms with Gasteiger partial charge in [-0.05, 0) is 51.2 Å². The molecule has 3 rings (SSSR count). The molecule has 204 valence electrons. The first-order valence-corrected chi connectivity index (χ1v) is 13.2. The van der Waals surface area contributed by atoms with Crippen LogP contribution in [0.2, 0.25) is 0 Å². The van der Waals surface area contributed by atoms with Crippen LogP contribution >= 0.6 is 20.0 Å². The molecule has 1 aliphatic rings. The van der Waals surface area contributed by atoms with E-state index in [1.165, 1.54) is 31.3 Å². The van der Waals surface area contributed by atoms with Crippen molar-refractivity contribution in [2.75, 3.05) is 19.0 Å². The lowest BCUT2D eigenvalue weighted by Crippen LogP contribution is -2.45. The number of rotatable bonds is 11. The number of aliphatic hydroxyl groups excluding tert-OH is 1. The van der Waals surface area contributed by atoms with Gasteiger partial charge in [-0.15, -0.1) is 0 Å². The van der Waals surface area contributed by atoms with Gasteiger partial charge in [0.15, 0.2) is 6.23 Å². The smallest absolute Gasteiger partial charge is 0.459 e. The van der Waals surface area contributed by atoms with Gasteiger partial charge in [0, 0.05) is 6.20 Å². The largest absolute Gasteiger partial charge is 0.462 e. The maximum Gasteiger partial charge on any atom is 0.459 e. The van der Waals surface area contributed by atoms with Crippen LogP contribution in [0.5, 0.6) is 5.75 Å². The van der Waals surface area contributed by atoms with Crippen molar-refractivity contribution in [3.63, 3.8) is 0 Å². The van der Waals surface area contributed by atoms with E-state index in [9.17, 15) is 18.9 Å². The van der Waals surface area contributed by atoms with Crippen molar-refractivity contribution in [3.05, 3.63) is 47.4 Å². The molecule has 0 spiro atoms. The molecule has 6 atom stereocenters. The highest BCUT2D eigenvalue weighted by Gasteiger charge is 2.59. The maximum atomic E-state index is 15.6. The number of benzene rings is 1. The van der Waals surface area contributed by atoms with Crippen LogP contribution in [0.25, 0.3) is 0 Å². The summed E-state index contributed by atoms with van der Waals surface area (Å²) in [6.45, 7) is 2.34. The number of halogens is 2. The highest BCUT2D eigenvalue weighted by Crippen LogP contribution is 2.48. The molecule has 0 radical (unpaired) electrons. The zero-order valence-corrected chi connectivity index (χ0v) is 22.0. The van der Waals surface area contributed by atoms with Crippen LogP contribution in [0, 0.1) is 4.77 Å². The van der Waals surface area contributed by atoms with E-state index < -0.39 is 63.2 Å². The van der Waals surface area contributed by atoms with Gasteiger partial charge in [-0.2, -0.15) is 5.09 Å². The van der Waals surface area contributed by atoms with Crippen LogP contribution in [-0.4, -0.2) is 63.9 Å². The number of hydrogen-bond acceptors (Lipinski definition) is 10. The Morgan fingerprint density at radius 1 is 1.35 bits per heavy atom. The van der Waals surface area contributed by atoms with Gasteiger partial charge in [0.05, 0.1) is 12.7 Å². The number of nitrogen functional groups attached to an aromatic ring is 1. The first-order valence-electron chi connectivity index (χ1n) is 11.3. The first kappa shape index (κ1) is 29.1. The monoisotopic (exact) mass is 562 g/mol. The Labute approximate surface area is 217 Å². The third-order valence-electron chi connectivity index (χ3n) is 5.30. The van der Waals surface area contributed by atoms with Gasteiger partial charge in [-0.3, -0.25) is 13.9 Å². The number of hydrogen-bond donors (Lipinski definition) is 3. The molecule has 1 aromatic heterocycles. The molecule has 2 heterocycles. The van der Waals surface area contributed by atoms with E-state index in [-0.39, 0.29) is 16.3 Å². The minimum atomic E-state index is -4.35. The Bertz CT molecular complexity index is 1190. The number of carbonyl (C=O) groups excluding carboxylic acids is 1. The van der Waals surface area contributed by atoms with Gasteiger partial charge in [-0.1, -0.05) is 18.2 Å². The Hall–Kier alpha value is -2.48. The standard InChI is InChI=1S/C22H29F2N4O7PS/c1-13(2)33-19(30)14(3)27-36(31,35-15-7-5-4-6-8-15)32-11-16-18(29)22(24,12-23)20(34-16)28-10-9-17(25)26-21(28)37/h4-10,13-14,16,18,20,29H,11-12H2,1-3H3,(H,27,31)(H2,25,26,37)/t14-,16+,18?,20+,22+,36?/m0/s1. The van der Waals surface area contributed by atoms with Crippen LogP contribution in [0.3, 0.4) is 0 Å². The Morgan fingerprint density at radius 3 is 2.62 bits per heavy atom. The van der Waals surface area contributed by atoms with Crippen LogP contribution in [0.4, 0.5) is 14.6 Å². The molecule has 0 amide bonds. The van der Waals surface area contributed by atoms with Crippen LogP contribution in [0.1, 0.15) is 27.0 Å². The fourth-order valence-electron chi connectivity index (χ4n) is 3.49. The minimum Gasteiger partial charge on any atom is -0.462 e. The maximum absolute atomic E-state index is 15.6. The zero-order chi connectivity index (χ0) is 27.4. The predicted molar refractivity (Wildman–Crippen MR) is 132 cm³/mol. The van der Waals surface area contributed by atoms with Gasteiger partial charge in [0.1, 0.15) is 36.5 Å². The third-order valence-corrected chi connectivity index (χ3v) is 7.25. The minimum absolute atomic E-state index is 0.0552. The summed E-state index contributed by atoms with van der Waals surface area (Å²) in [6, 6.07) is 8.10. The summed E-state index contributed by atoms with van der Waals surface area (Å²) in [5.74, 6) is -0.533. The van der Waals surface area contributed by atoms with E-state index in [2.05, 4.69) is 10.1 Å². The molecule has 1 aromatic carbocycles. The van der Waals surface area contributed by atoms with Crippen LogP contribution < -0.4 is 15.3 Å². The molecular weight excluding hydrogens is 533 g/mol. The van der Waals surface area contributed by atoms with Crippen molar-refractivity contribution in [1.29, 1.82) is 0 Å². The van der Waals surface area contributed by atoms with E-state index in [1.54, 1.807) is 32.0 Å². The summed E-state index contributed by atoms with van der Waals surface area (Å²) in [7, 11) is -4.35. The number of aliphatic hydroxyl groups is 1. The second-order valence-electron chi connectivity index (χ2n) is 8.61. The fourth-order valence-corrected chi connectivity index (χ4v) is 5.25. The fraction of sp³-hybridized carbons (Fsp3) is 0.500. The van der Waals surface area contributed by atoms with E-state index in [0.29, 0.717) is 0 Å². The molecule has 37 heavy (non-hydrogen) atoms. The van der Waals surface area contributed by atoms with Crippen molar-refractivity contribution in [2.24, 2.45) is 0 Å². The quantitative estimate of drug-likeness (QED) is 0.211. The molecule has 1 saturated heterocycles. The average molecular weight is 563 g/mol. The van der Waals surface area contributed by atoms with Gasteiger partial charge >= 0.3 is 13.7 Å². The zero-order valence-electron chi connectivity index (χ0n) is 20.3. The normalized spacial score (nSPS) is 26.0. The average Bonchev–Trinajstić information content (AvgIpc) is 3.08. The predicted octanol–water partition coefficient (Wildman–Crippen LogP) is 3.26. The number of para-hydroxylation sites is 1. The second kappa shape index (κ2) is 11.9. The summed E-state index contributed by atoms with van der Waals surface area (Å²) in [6.07, 6.45) is -4.45. The summed E-state index contributed by atoms with van der Waals surface area (Å²) < 4.78 is 65.6. The number of esters is 1. The Morgan fingerprint density at radius 2 is 2.03 bits per heavy atom. The SMILES string of the molecule is CC(C)OC(=O)[C@H](C)NP(=O)(OC[C@H]1O[C@@H](n2ccc(N)nc2=S)[C@@](F)(CF)C1O)Oc1ccccc1. The summed E-state index contributed by atoms with van der Waals surface area (Å²) >= 11 is 5.07. The van der Waals surface area contributed by atoms with E-state index in [0.717, 1.165) is 4.57 Å². The van der Waals surface area contributed by atoms with Gasteiger partial charge < -0.3 is 24.8 Å². The van der Waals surface area contributed by atoms with E-state index in [4.69, 9.17) is 36.5 Å². The topological polar surface area (TPSA) is 147 Å². The molecule has 0 bridgehead atoms. The molecule has 11 nitrogen and oxygen atoms in total. The lowest BCUT2D eigenvalue weighted by molar-refractivity contribution is -0.149. The number of nitrogens with one attached hydrogen (secondary N) is 1. The lowest BCUT2D eigenvalue weighted by Gasteiger charge is -2.26. The highest BCUT2D eigenvalue weighted by molar-refractivity contribution is 7.71. The Balaban J connectivity index is 1.82. The second-order valence-corrected chi connectivity index (χ2v) is 10.7. The number of aromatic nitrogens is 2. The highest BCUT2D eigenvalue weighted by atomic mass is 32.1. The van der Waals surface area contributed by atoms with E-state index >= 15 is 4.39 Å². The molecule has 2 unspecified atom stereocenters. The number of alkyl halides is 2. The first-order chi connectivity index (χ1) is 17.4. The molecule has 0 saturated carbocycles. The summed E-state index contributed by atoms with van der Waals surface area (Å²) in [4.78, 5) is 16.1. The molecule has 15 heteroatoms. The molecule has 4 N–H and O–H groups in total. The molecular formula is C22H29F2N4O7PS.